The highest BCUT2D eigenvalue weighted by molar-refractivity contribution is 9.09. The molecule has 4 heteroatoms. The predicted octanol–water partition coefficient (Wildman–Crippen LogP) is 3.69. The van der Waals surface area contributed by atoms with Crippen molar-refractivity contribution in [3.8, 4) is 0 Å². The van der Waals surface area contributed by atoms with Crippen LogP contribution in [0, 0.1) is 0 Å². The van der Waals surface area contributed by atoms with Crippen molar-refractivity contribution in [2.45, 2.75) is 32.3 Å². The molecule has 0 bridgehead atoms. The molecule has 0 heterocycles. The number of halogens is 1. The Labute approximate surface area is 117 Å². The average Bonchev–Trinajstić information content (AvgIpc) is 2.29. The van der Waals surface area contributed by atoms with E-state index in [1.54, 1.807) is 0 Å². The van der Waals surface area contributed by atoms with Gasteiger partial charge in [0.1, 0.15) is 5.60 Å². The molecule has 18 heavy (non-hydrogen) atoms. The molecule has 0 aliphatic heterocycles. The van der Waals surface area contributed by atoms with Crippen LogP contribution in [0.4, 0.5) is 4.79 Å². The van der Waals surface area contributed by atoms with Gasteiger partial charge in [0.2, 0.25) is 0 Å². The van der Waals surface area contributed by atoms with Gasteiger partial charge >= 0.3 is 6.09 Å². The first-order valence-electron chi connectivity index (χ1n) is 6.00. The predicted molar refractivity (Wildman–Crippen MR) is 77.2 cm³/mol. The lowest BCUT2D eigenvalue weighted by molar-refractivity contribution is 0.0525. The van der Waals surface area contributed by atoms with Crippen LogP contribution in [-0.2, 0) is 4.74 Å². The van der Waals surface area contributed by atoms with E-state index in [0.717, 1.165) is 5.33 Å². The minimum Gasteiger partial charge on any atom is -0.444 e. The fraction of sp³-hybridized carbons (Fsp3) is 0.500. The van der Waals surface area contributed by atoms with Gasteiger partial charge in [-0.15, -0.1) is 0 Å². The molecule has 1 aromatic rings. The number of hydrogen-bond donors (Lipinski definition) is 1. The number of alkyl carbamates (subject to hydrolysis) is 1. The molecule has 3 nitrogen and oxygen atoms in total. The molecule has 100 valence electrons. The molecular formula is C14H20BrNO2. The summed E-state index contributed by atoms with van der Waals surface area (Å²) >= 11 is 3.47. The summed E-state index contributed by atoms with van der Waals surface area (Å²) in [6.45, 7) is 6.12. The highest BCUT2D eigenvalue weighted by Gasteiger charge is 2.17. The summed E-state index contributed by atoms with van der Waals surface area (Å²) in [7, 11) is 0. The van der Waals surface area contributed by atoms with Crippen molar-refractivity contribution in [3.05, 3.63) is 35.9 Å². The molecule has 0 aliphatic carbocycles. The van der Waals surface area contributed by atoms with Crippen molar-refractivity contribution in [2.24, 2.45) is 0 Å². The van der Waals surface area contributed by atoms with Crippen LogP contribution in [0.5, 0.6) is 0 Å². The van der Waals surface area contributed by atoms with E-state index in [1.807, 2.05) is 39.0 Å². The van der Waals surface area contributed by atoms with Gasteiger partial charge in [0.15, 0.2) is 0 Å². The number of amides is 1. The molecular weight excluding hydrogens is 294 g/mol. The van der Waals surface area contributed by atoms with Crippen molar-refractivity contribution >= 4 is 22.0 Å². The van der Waals surface area contributed by atoms with E-state index in [9.17, 15) is 4.79 Å². The number of benzene rings is 1. The number of hydrogen-bond acceptors (Lipinski definition) is 2. The van der Waals surface area contributed by atoms with Crippen LogP contribution in [-0.4, -0.2) is 23.6 Å². The third-order valence-corrected chi connectivity index (χ3v) is 3.13. The van der Waals surface area contributed by atoms with E-state index >= 15 is 0 Å². The minimum absolute atomic E-state index is 0.249. The smallest absolute Gasteiger partial charge is 0.407 e. The first-order valence-corrected chi connectivity index (χ1v) is 7.12. The fourth-order valence-corrected chi connectivity index (χ4v) is 2.11. The summed E-state index contributed by atoms with van der Waals surface area (Å²) in [6.07, 6.45) is -0.371. The Kier molecular flexibility index (Phi) is 5.66. The molecule has 0 spiro atoms. The van der Waals surface area contributed by atoms with Crippen LogP contribution in [0.1, 0.15) is 32.3 Å². The number of alkyl halides is 1. The molecule has 1 atom stereocenters. The normalized spacial score (nSPS) is 12.9. The lowest BCUT2D eigenvalue weighted by Crippen LogP contribution is -2.35. The van der Waals surface area contributed by atoms with Crippen molar-refractivity contribution in [1.29, 1.82) is 0 Å². The van der Waals surface area contributed by atoms with Gasteiger partial charge in [-0.2, -0.15) is 0 Å². The zero-order valence-corrected chi connectivity index (χ0v) is 12.7. The summed E-state index contributed by atoms with van der Waals surface area (Å²) in [5.74, 6) is 0.249. The molecule has 0 fully saturated rings. The lowest BCUT2D eigenvalue weighted by Gasteiger charge is -2.21. The number of carbonyl (C=O) groups is 1. The highest BCUT2D eigenvalue weighted by Crippen LogP contribution is 2.17. The maximum Gasteiger partial charge on any atom is 0.407 e. The standard InChI is InChI=1S/C14H20BrNO2/c1-14(2,3)18-13(17)16-10-12(9-15)11-7-5-4-6-8-11/h4-8,12H,9-10H2,1-3H3,(H,16,17). The lowest BCUT2D eigenvalue weighted by atomic mass is 10.0. The first kappa shape index (κ1) is 15.0. The van der Waals surface area contributed by atoms with Gasteiger partial charge in [-0.25, -0.2) is 4.79 Å². The van der Waals surface area contributed by atoms with Crippen molar-refractivity contribution in [3.63, 3.8) is 0 Å². The zero-order valence-electron chi connectivity index (χ0n) is 11.1. The zero-order chi connectivity index (χ0) is 13.6. The van der Waals surface area contributed by atoms with Gasteiger partial charge in [0.05, 0.1) is 0 Å². The van der Waals surface area contributed by atoms with Crippen LogP contribution in [0.15, 0.2) is 30.3 Å². The first-order chi connectivity index (χ1) is 8.42. The molecule has 1 N–H and O–H groups in total. The Bertz CT molecular complexity index is 373. The molecule has 0 radical (unpaired) electrons. The summed E-state index contributed by atoms with van der Waals surface area (Å²) in [6, 6.07) is 10.1. The van der Waals surface area contributed by atoms with E-state index < -0.39 is 5.60 Å². The van der Waals surface area contributed by atoms with E-state index in [4.69, 9.17) is 4.74 Å². The summed E-state index contributed by atoms with van der Waals surface area (Å²) in [4.78, 5) is 11.6. The van der Waals surface area contributed by atoms with E-state index in [2.05, 4.69) is 33.4 Å². The van der Waals surface area contributed by atoms with Gasteiger partial charge in [-0.1, -0.05) is 46.3 Å². The Hall–Kier alpha value is -1.03. The Morgan fingerprint density at radius 1 is 1.33 bits per heavy atom. The second-order valence-electron chi connectivity index (χ2n) is 5.14. The van der Waals surface area contributed by atoms with Gasteiger partial charge in [0.25, 0.3) is 0 Å². The molecule has 1 amide bonds. The van der Waals surface area contributed by atoms with E-state index in [-0.39, 0.29) is 12.0 Å². The van der Waals surface area contributed by atoms with Gasteiger partial charge < -0.3 is 10.1 Å². The largest absolute Gasteiger partial charge is 0.444 e. The topological polar surface area (TPSA) is 38.3 Å². The molecule has 0 aromatic heterocycles. The molecule has 1 aromatic carbocycles. The Morgan fingerprint density at radius 3 is 2.44 bits per heavy atom. The Morgan fingerprint density at radius 2 is 1.94 bits per heavy atom. The van der Waals surface area contributed by atoms with Crippen molar-refractivity contribution in [1.82, 2.24) is 5.32 Å². The van der Waals surface area contributed by atoms with E-state index in [1.165, 1.54) is 5.56 Å². The monoisotopic (exact) mass is 313 g/mol. The van der Waals surface area contributed by atoms with Crippen LogP contribution in [0.25, 0.3) is 0 Å². The van der Waals surface area contributed by atoms with Crippen molar-refractivity contribution in [2.75, 3.05) is 11.9 Å². The summed E-state index contributed by atoms with van der Waals surface area (Å²) < 4.78 is 5.20. The van der Waals surface area contributed by atoms with Crippen LogP contribution in [0.2, 0.25) is 0 Å². The number of carbonyl (C=O) groups excluding carboxylic acids is 1. The van der Waals surface area contributed by atoms with Crippen LogP contribution >= 0.6 is 15.9 Å². The number of nitrogens with one attached hydrogen (secondary N) is 1. The van der Waals surface area contributed by atoms with Gasteiger partial charge in [-0.05, 0) is 26.3 Å². The average molecular weight is 314 g/mol. The van der Waals surface area contributed by atoms with Crippen molar-refractivity contribution < 1.29 is 9.53 Å². The number of rotatable bonds is 4. The van der Waals surface area contributed by atoms with Crippen LogP contribution in [0.3, 0.4) is 0 Å². The second kappa shape index (κ2) is 6.78. The SMILES string of the molecule is CC(C)(C)OC(=O)NCC(CBr)c1ccccc1. The van der Waals surface area contributed by atoms with E-state index in [0.29, 0.717) is 6.54 Å². The maximum absolute atomic E-state index is 11.6. The molecule has 1 unspecified atom stereocenters. The summed E-state index contributed by atoms with van der Waals surface area (Å²) in [5, 5.41) is 3.60. The van der Waals surface area contributed by atoms with Gasteiger partial charge in [0, 0.05) is 17.8 Å². The molecule has 0 saturated heterocycles. The summed E-state index contributed by atoms with van der Waals surface area (Å²) in [5.41, 5.74) is 0.742. The minimum atomic E-state index is -0.458. The second-order valence-corrected chi connectivity index (χ2v) is 5.79. The van der Waals surface area contributed by atoms with Crippen LogP contribution < -0.4 is 5.32 Å². The highest BCUT2D eigenvalue weighted by atomic mass is 79.9. The maximum atomic E-state index is 11.6. The molecule has 0 saturated carbocycles. The third-order valence-electron chi connectivity index (χ3n) is 2.35. The number of ether oxygens (including phenoxy) is 1. The molecule has 0 aliphatic rings. The molecule has 1 rings (SSSR count). The fourth-order valence-electron chi connectivity index (χ4n) is 1.51. The third kappa shape index (κ3) is 5.54. The van der Waals surface area contributed by atoms with Gasteiger partial charge in [-0.3, -0.25) is 0 Å². The quantitative estimate of drug-likeness (QED) is 0.861. The Balaban J connectivity index is 2.48.